The lowest BCUT2D eigenvalue weighted by Gasteiger charge is -2.30. The van der Waals surface area contributed by atoms with Gasteiger partial charge in [-0.25, -0.2) is 0 Å². The first-order valence-corrected chi connectivity index (χ1v) is 11.5. The van der Waals surface area contributed by atoms with E-state index in [4.69, 9.17) is 9.31 Å². The molecule has 1 aliphatic heterocycles. The van der Waals surface area contributed by atoms with Gasteiger partial charge in [0.1, 0.15) is 5.60 Å². The average Bonchev–Trinajstić information content (AvgIpc) is 3.41. The molecule has 0 N–H and O–H groups in total. The summed E-state index contributed by atoms with van der Waals surface area (Å²) in [6, 6.07) is 33.2. The van der Waals surface area contributed by atoms with Crippen molar-refractivity contribution in [2.45, 2.75) is 24.9 Å². The molecule has 1 spiro atoms. The third-order valence-corrected chi connectivity index (χ3v) is 7.62. The number of rotatable bonds is 1. The quantitative estimate of drug-likeness (QED) is 0.298. The Labute approximate surface area is 194 Å². The Morgan fingerprint density at radius 1 is 0.636 bits per heavy atom. The van der Waals surface area contributed by atoms with Crippen LogP contribution < -0.4 is 5.46 Å². The summed E-state index contributed by atoms with van der Waals surface area (Å²) in [6.07, 6.45) is 0. The van der Waals surface area contributed by atoms with Gasteiger partial charge in [-0.3, -0.25) is 0 Å². The fraction of sp³-hybridized carbons (Fsp3) is 0.133. The second-order valence-electron chi connectivity index (χ2n) is 9.69. The topological polar surface area (TPSA) is 18.5 Å². The Morgan fingerprint density at radius 2 is 1.12 bits per heavy atom. The molecule has 0 unspecified atom stereocenters. The van der Waals surface area contributed by atoms with E-state index in [9.17, 15) is 0 Å². The third-order valence-electron chi connectivity index (χ3n) is 7.62. The van der Waals surface area contributed by atoms with Crippen molar-refractivity contribution in [1.29, 1.82) is 0 Å². The van der Waals surface area contributed by atoms with Crippen LogP contribution in [-0.4, -0.2) is 12.7 Å². The van der Waals surface area contributed by atoms with Gasteiger partial charge in [0.2, 0.25) is 0 Å². The molecule has 7 rings (SSSR count). The van der Waals surface area contributed by atoms with Gasteiger partial charge in [-0.15, -0.1) is 0 Å². The molecule has 0 bridgehead atoms. The maximum atomic E-state index is 6.25. The summed E-state index contributed by atoms with van der Waals surface area (Å²) in [5.74, 6) is 0.669. The lowest BCUT2D eigenvalue weighted by molar-refractivity contribution is 0.173. The van der Waals surface area contributed by atoms with Gasteiger partial charge >= 0.3 is 7.12 Å². The van der Waals surface area contributed by atoms with Crippen LogP contribution in [0.1, 0.15) is 36.1 Å². The predicted octanol–water partition coefficient (Wildman–Crippen LogP) is 6.06. The molecule has 4 aromatic rings. The van der Waals surface area contributed by atoms with E-state index >= 15 is 0 Å². The van der Waals surface area contributed by atoms with E-state index in [1.807, 2.05) is 13.8 Å². The highest BCUT2D eigenvalue weighted by Crippen LogP contribution is 2.62. The van der Waals surface area contributed by atoms with Crippen LogP contribution in [0, 0.1) is 0 Å². The van der Waals surface area contributed by atoms with E-state index < -0.39 is 12.7 Å². The molecule has 33 heavy (non-hydrogen) atoms. The summed E-state index contributed by atoms with van der Waals surface area (Å²) in [7, 11) is -0.453. The SMILES string of the molecule is C=C1OB(c2ccc3c(c2)C2(c4ccccc4-c4ccccc42)c2ccccc2-3)OC1(C)C. The number of fused-ring (bicyclic) bond motifs is 10. The molecule has 0 atom stereocenters. The lowest BCUT2D eigenvalue weighted by atomic mass is 9.68. The van der Waals surface area contributed by atoms with E-state index in [0.717, 1.165) is 5.46 Å². The highest BCUT2D eigenvalue weighted by atomic mass is 16.7. The van der Waals surface area contributed by atoms with Gasteiger partial charge in [0.25, 0.3) is 0 Å². The van der Waals surface area contributed by atoms with Gasteiger partial charge in [-0.2, -0.15) is 0 Å². The predicted molar refractivity (Wildman–Crippen MR) is 134 cm³/mol. The lowest BCUT2D eigenvalue weighted by Crippen LogP contribution is -2.36. The van der Waals surface area contributed by atoms with Crippen molar-refractivity contribution in [3.8, 4) is 22.3 Å². The highest BCUT2D eigenvalue weighted by molar-refractivity contribution is 6.62. The molecule has 4 aromatic carbocycles. The summed E-state index contributed by atoms with van der Waals surface area (Å²) in [6.45, 7) is 8.08. The molecule has 1 fully saturated rings. The van der Waals surface area contributed by atoms with Gasteiger partial charge in [-0.05, 0) is 63.8 Å². The molecule has 0 radical (unpaired) electrons. The van der Waals surface area contributed by atoms with Crippen LogP contribution in [0.3, 0.4) is 0 Å². The van der Waals surface area contributed by atoms with Crippen molar-refractivity contribution >= 4 is 12.6 Å². The molecule has 158 valence electrons. The third kappa shape index (κ3) is 2.28. The van der Waals surface area contributed by atoms with Crippen molar-refractivity contribution < 1.29 is 9.31 Å². The molecule has 3 heteroatoms. The van der Waals surface area contributed by atoms with Crippen LogP contribution in [0.25, 0.3) is 22.3 Å². The summed E-state index contributed by atoms with van der Waals surface area (Å²) in [4.78, 5) is 0. The zero-order valence-electron chi connectivity index (χ0n) is 18.8. The molecule has 0 aromatic heterocycles. The second kappa shape index (κ2) is 6.27. The van der Waals surface area contributed by atoms with Crippen LogP contribution in [-0.2, 0) is 14.7 Å². The summed E-state index contributed by atoms with van der Waals surface area (Å²) >= 11 is 0. The molecular weight excluding hydrogens is 403 g/mol. The minimum absolute atomic E-state index is 0.347. The number of benzene rings is 4. The number of hydrogen-bond acceptors (Lipinski definition) is 2. The minimum atomic E-state index is -0.503. The van der Waals surface area contributed by atoms with E-state index in [1.165, 1.54) is 44.5 Å². The van der Waals surface area contributed by atoms with Crippen LogP contribution in [0.15, 0.2) is 103 Å². The first-order valence-electron chi connectivity index (χ1n) is 11.5. The fourth-order valence-electron chi connectivity index (χ4n) is 6.02. The van der Waals surface area contributed by atoms with Gasteiger partial charge in [-0.1, -0.05) is 97.6 Å². The molecule has 2 nitrogen and oxygen atoms in total. The molecular formula is C30H23BO2. The van der Waals surface area contributed by atoms with Crippen LogP contribution in [0.5, 0.6) is 0 Å². The van der Waals surface area contributed by atoms with Crippen LogP contribution in [0.2, 0.25) is 0 Å². The van der Waals surface area contributed by atoms with E-state index in [2.05, 4.69) is 97.6 Å². The molecule has 1 heterocycles. The maximum absolute atomic E-state index is 6.25. The second-order valence-corrected chi connectivity index (χ2v) is 9.69. The van der Waals surface area contributed by atoms with Gasteiger partial charge in [0.05, 0.1) is 11.2 Å². The van der Waals surface area contributed by atoms with Crippen molar-refractivity contribution in [3.63, 3.8) is 0 Å². The fourth-order valence-corrected chi connectivity index (χ4v) is 6.02. The maximum Gasteiger partial charge on any atom is 0.563 e. The zero-order chi connectivity index (χ0) is 22.4. The van der Waals surface area contributed by atoms with Crippen molar-refractivity contribution in [2.75, 3.05) is 0 Å². The molecule has 0 saturated carbocycles. The van der Waals surface area contributed by atoms with E-state index in [1.54, 1.807) is 0 Å². The monoisotopic (exact) mass is 426 g/mol. The molecule has 3 aliphatic rings. The van der Waals surface area contributed by atoms with Crippen LogP contribution in [0.4, 0.5) is 0 Å². The first-order chi connectivity index (χ1) is 16.0. The molecule has 0 amide bonds. The average molecular weight is 426 g/mol. The van der Waals surface area contributed by atoms with Gasteiger partial charge in [0, 0.05) is 0 Å². The summed E-state index contributed by atoms with van der Waals surface area (Å²) in [5.41, 5.74) is 10.7. The highest BCUT2D eigenvalue weighted by Gasteiger charge is 2.52. The molecule has 1 saturated heterocycles. The summed E-state index contributed by atoms with van der Waals surface area (Å²) in [5, 5.41) is 0. The van der Waals surface area contributed by atoms with Gasteiger partial charge < -0.3 is 9.31 Å². The Balaban J connectivity index is 1.55. The largest absolute Gasteiger partial charge is 0.563 e. The minimum Gasteiger partial charge on any atom is -0.534 e. The van der Waals surface area contributed by atoms with E-state index in [-0.39, 0.29) is 5.41 Å². The van der Waals surface area contributed by atoms with Crippen LogP contribution >= 0.6 is 0 Å². The Bertz CT molecular complexity index is 1420. The first kappa shape index (κ1) is 19.0. The zero-order valence-corrected chi connectivity index (χ0v) is 18.8. The number of hydrogen-bond donors (Lipinski definition) is 0. The van der Waals surface area contributed by atoms with Crippen molar-refractivity contribution in [1.82, 2.24) is 0 Å². The Hall–Kier alpha value is -3.56. The Kier molecular flexibility index (Phi) is 3.60. The van der Waals surface area contributed by atoms with Crippen molar-refractivity contribution in [3.05, 3.63) is 126 Å². The van der Waals surface area contributed by atoms with E-state index in [0.29, 0.717) is 5.76 Å². The molecule has 2 aliphatic carbocycles. The smallest absolute Gasteiger partial charge is 0.534 e. The van der Waals surface area contributed by atoms with Crippen molar-refractivity contribution in [2.24, 2.45) is 0 Å². The summed E-state index contributed by atoms with van der Waals surface area (Å²) < 4.78 is 12.3. The standard InChI is InChI=1S/C30H23BO2/c1-19-29(2,3)33-31(32-19)20-16-17-24-23-12-6-9-15-27(23)30(28(24)18-20)25-13-7-4-10-21(25)22-11-5-8-14-26(22)30/h4-18H,1H2,2-3H3. The Morgan fingerprint density at radius 3 is 1.61 bits per heavy atom. The normalized spacial score (nSPS) is 18.0. The van der Waals surface area contributed by atoms with Gasteiger partial charge in [0.15, 0.2) is 0 Å².